The molecule has 3 heterocycles. The van der Waals surface area contributed by atoms with Crippen molar-refractivity contribution in [1.29, 1.82) is 0 Å². The summed E-state index contributed by atoms with van der Waals surface area (Å²) in [4.78, 5) is 14.7. The van der Waals surface area contributed by atoms with Crippen LogP contribution >= 0.6 is 11.6 Å². The molecule has 1 saturated heterocycles. The zero-order chi connectivity index (χ0) is 20.4. The van der Waals surface area contributed by atoms with Gasteiger partial charge in [-0.3, -0.25) is 0 Å². The molecule has 1 aliphatic rings. The number of hydrogen-bond acceptors (Lipinski definition) is 8. The molecule has 0 saturated carbocycles. The fourth-order valence-electron chi connectivity index (χ4n) is 3.01. The van der Waals surface area contributed by atoms with Gasteiger partial charge in [-0.2, -0.15) is 0 Å². The average molecular weight is 432 g/mol. The molecule has 2 aromatic heterocycles. The van der Waals surface area contributed by atoms with Gasteiger partial charge >= 0.3 is 0 Å². The second-order valence-corrected chi connectivity index (χ2v) is 8.73. The number of nitrogen functional groups attached to an aromatic ring is 1. The summed E-state index contributed by atoms with van der Waals surface area (Å²) in [5.41, 5.74) is 6.56. The van der Waals surface area contributed by atoms with E-state index in [-0.39, 0.29) is 20.8 Å². The lowest BCUT2D eigenvalue weighted by atomic mass is 10.2. The average Bonchev–Trinajstić information content (AvgIpc) is 2.75. The molecule has 10 heteroatoms. The summed E-state index contributed by atoms with van der Waals surface area (Å²) in [6.45, 7) is 2.31. The lowest BCUT2D eigenvalue weighted by Gasteiger charge is -2.28. The van der Waals surface area contributed by atoms with E-state index >= 15 is 0 Å². The van der Waals surface area contributed by atoms with Crippen LogP contribution in [0.25, 0.3) is 11.3 Å². The van der Waals surface area contributed by atoms with E-state index in [9.17, 15) is 8.42 Å². The van der Waals surface area contributed by atoms with Crippen molar-refractivity contribution in [2.75, 3.05) is 36.9 Å². The van der Waals surface area contributed by atoms with Crippen LogP contribution in [0, 0.1) is 0 Å². The molecular formula is C19H18ClN5O3S. The molecule has 0 radical (unpaired) electrons. The summed E-state index contributed by atoms with van der Waals surface area (Å²) in [6.07, 6.45) is 3.03. The number of benzene rings is 1. The van der Waals surface area contributed by atoms with Crippen LogP contribution in [-0.2, 0) is 14.6 Å². The Morgan fingerprint density at radius 3 is 2.45 bits per heavy atom. The molecular weight excluding hydrogens is 414 g/mol. The molecule has 0 bridgehead atoms. The number of nitrogens with zero attached hydrogens (tertiary/aromatic N) is 4. The summed E-state index contributed by atoms with van der Waals surface area (Å²) in [5, 5.41) is 0.162. The Morgan fingerprint density at radius 1 is 1.07 bits per heavy atom. The molecule has 3 aromatic rings. The molecule has 0 atom stereocenters. The summed E-state index contributed by atoms with van der Waals surface area (Å²) < 4.78 is 32.0. The number of ether oxygens (including phenoxy) is 1. The largest absolute Gasteiger partial charge is 0.378 e. The maximum atomic E-state index is 13.3. The monoisotopic (exact) mass is 431 g/mol. The van der Waals surface area contributed by atoms with E-state index in [2.05, 4.69) is 15.0 Å². The van der Waals surface area contributed by atoms with Crippen molar-refractivity contribution in [3.05, 3.63) is 53.8 Å². The molecule has 29 heavy (non-hydrogen) atoms. The molecule has 1 aromatic carbocycles. The van der Waals surface area contributed by atoms with Crippen LogP contribution in [0.15, 0.2) is 58.6 Å². The van der Waals surface area contributed by atoms with Gasteiger partial charge in [0.15, 0.2) is 0 Å². The third-order valence-electron chi connectivity index (χ3n) is 4.52. The SMILES string of the molecule is Nc1ncc(-c2cc(S(=O)(=O)c3ccccc3Cl)cc(N3CCOCC3)n2)cn1. The van der Waals surface area contributed by atoms with Crippen LogP contribution in [0.5, 0.6) is 0 Å². The highest BCUT2D eigenvalue weighted by molar-refractivity contribution is 7.91. The van der Waals surface area contributed by atoms with Crippen molar-refractivity contribution in [2.24, 2.45) is 0 Å². The highest BCUT2D eigenvalue weighted by Gasteiger charge is 2.24. The van der Waals surface area contributed by atoms with Gasteiger partial charge in [0.25, 0.3) is 0 Å². The molecule has 0 unspecified atom stereocenters. The Labute approximate surface area is 173 Å². The van der Waals surface area contributed by atoms with E-state index in [4.69, 9.17) is 22.1 Å². The first-order valence-electron chi connectivity index (χ1n) is 8.87. The van der Waals surface area contributed by atoms with Crippen molar-refractivity contribution < 1.29 is 13.2 Å². The normalized spacial score (nSPS) is 14.7. The molecule has 0 spiro atoms. The standard InChI is InChI=1S/C19H18ClN5O3S/c20-15-3-1-2-4-17(15)29(26,27)14-9-16(13-11-22-19(21)23-12-13)24-18(10-14)25-5-7-28-8-6-25/h1-4,9-12H,5-8H2,(H2,21,22,23). The van der Waals surface area contributed by atoms with Gasteiger partial charge in [-0.05, 0) is 24.3 Å². The predicted octanol–water partition coefficient (Wildman–Crippen LogP) is 2.44. The van der Waals surface area contributed by atoms with Gasteiger partial charge in [0.1, 0.15) is 5.82 Å². The van der Waals surface area contributed by atoms with Crippen molar-refractivity contribution in [1.82, 2.24) is 15.0 Å². The van der Waals surface area contributed by atoms with Crippen molar-refractivity contribution in [2.45, 2.75) is 9.79 Å². The van der Waals surface area contributed by atoms with Gasteiger partial charge in [-0.25, -0.2) is 23.4 Å². The van der Waals surface area contributed by atoms with Gasteiger partial charge in [-0.1, -0.05) is 23.7 Å². The number of rotatable bonds is 4. The van der Waals surface area contributed by atoms with Crippen molar-refractivity contribution in [3.8, 4) is 11.3 Å². The second kappa shape index (κ2) is 7.94. The lowest BCUT2D eigenvalue weighted by molar-refractivity contribution is 0.122. The zero-order valence-electron chi connectivity index (χ0n) is 15.3. The minimum Gasteiger partial charge on any atom is -0.378 e. The molecule has 0 amide bonds. The molecule has 1 aliphatic heterocycles. The van der Waals surface area contributed by atoms with Crippen LogP contribution in [0.4, 0.5) is 11.8 Å². The third-order valence-corrected chi connectivity index (χ3v) is 6.76. The Bertz CT molecular complexity index is 1130. The summed E-state index contributed by atoms with van der Waals surface area (Å²) in [5.74, 6) is 0.662. The van der Waals surface area contributed by atoms with Crippen LogP contribution in [0.2, 0.25) is 5.02 Å². The number of nitrogens with two attached hydrogens (primary N) is 1. The number of pyridine rings is 1. The van der Waals surface area contributed by atoms with E-state index < -0.39 is 9.84 Å². The number of anilines is 2. The number of halogens is 1. The van der Waals surface area contributed by atoms with Crippen molar-refractivity contribution in [3.63, 3.8) is 0 Å². The minimum atomic E-state index is -3.86. The highest BCUT2D eigenvalue weighted by atomic mass is 35.5. The predicted molar refractivity (Wildman–Crippen MR) is 110 cm³/mol. The van der Waals surface area contributed by atoms with Gasteiger partial charge in [0.05, 0.1) is 33.7 Å². The summed E-state index contributed by atoms with van der Waals surface area (Å²) in [6, 6.07) is 9.41. The van der Waals surface area contributed by atoms with E-state index in [1.54, 1.807) is 24.3 Å². The Morgan fingerprint density at radius 2 is 1.76 bits per heavy atom. The van der Waals surface area contributed by atoms with E-state index in [0.29, 0.717) is 43.4 Å². The topological polar surface area (TPSA) is 111 Å². The quantitative estimate of drug-likeness (QED) is 0.670. The van der Waals surface area contributed by atoms with E-state index in [1.165, 1.54) is 24.5 Å². The maximum Gasteiger partial charge on any atom is 0.219 e. The molecule has 150 valence electrons. The van der Waals surface area contributed by atoms with Gasteiger partial charge < -0.3 is 15.4 Å². The lowest BCUT2D eigenvalue weighted by Crippen LogP contribution is -2.36. The highest BCUT2D eigenvalue weighted by Crippen LogP contribution is 2.32. The molecule has 1 fully saturated rings. The smallest absolute Gasteiger partial charge is 0.219 e. The van der Waals surface area contributed by atoms with E-state index in [1.807, 2.05) is 4.90 Å². The number of hydrogen-bond donors (Lipinski definition) is 1. The van der Waals surface area contributed by atoms with Crippen LogP contribution < -0.4 is 10.6 Å². The van der Waals surface area contributed by atoms with Crippen molar-refractivity contribution >= 4 is 33.2 Å². The number of morpholine rings is 1. The number of sulfone groups is 1. The van der Waals surface area contributed by atoms with Crippen LogP contribution in [-0.4, -0.2) is 49.7 Å². The van der Waals surface area contributed by atoms with Gasteiger partial charge in [-0.15, -0.1) is 0 Å². The molecule has 4 rings (SSSR count). The first-order chi connectivity index (χ1) is 13.9. The van der Waals surface area contributed by atoms with Crippen LogP contribution in [0.3, 0.4) is 0 Å². The summed E-state index contributed by atoms with van der Waals surface area (Å²) >= 11 is 6.17. The summed E-state index contributed by atoms with van der Waals surface area (Å²) in [7, 11) is -3.86. The molecule has 8 nitrogen and oxygen atoms in total. The van der Waals surface area contributed by atoms with E-state index in [0.717, 1.165) is 0 Å². The molecule has 0 aliphatic carbocycles. The third kappa shape index (κ3) is 4.02. The second-order valence-electron chi connectivity index (χ2n) is 6.41. The first-order valence-corrected chi connectivity index (χ1v) is 10.7. The first kappa shape index (κ1) is 19.6. The van der Waals surface area contributed by atoms with Gasteiger partial charge in [0, 0.05) is 31.0 Å². The Balaban J connectivity index is 1.87. The van der Waals surface area contributed by atoms with Gasteiger partial charge in [0.2, 0.25) is 15.8 Å². The number of aromatic nitrogens is 3. The molecule has 2 N–H and O–H groups in total. The Kier molecular flexibility index (Phi) is 5.35. The zero-order valence-corrected chi connectivity index (χ0v) is 16.9. The fraction of sp³-hybridized carbons (Fsp3) is 0.211. The van der Waals surface area contributed by atoms with Crippen LogP contribution in [0.1, 0.15) is 0 Å². The Hall–Kier alpha value is -2.75. The minimum absolute atomic E-state index is 0.0419. The fourth-order valence-corrected chi connectivity index (χ4v) is 4.81. The maximum absolute atomic E-state index is 13.3.